The fourth-order valence-electron chi connectivity index (χ4n) is 2.70. The van der Waals surface area contributed by atoms with Crippen molar-refractivity contribution >= 4 is 28.2 Å². The van der Waals surface area contributed by atoms with Crippen LogP contribution in [0.4, 0.5) is 26.0 Å². The van der Waals surface area contributed by atoms with Gasteiger partial charge in [-0.15, -0.1) is 0 Å². The molecule has 0 radical (unpaired) electrons. The Morgan fingerprint density at radius 3 is 2.65 bits per heavy atom. The molecule has 140 valence electrons. The number of aliphatic hydroxyl groups is 1. The Balaban J connectivity index is 1.96. The molecule has 6 nitrogen and oxygen atoms in total. The van der Waals surface area contributed by atoms with E-state index in [-0.39, 0.29) is 34.8 Å². The van der Waals surface area contributed by atoms with Gasteiger partial charge in [0.1, 0.15) is 28.4 Å². The normalized spacial score (nSPS) is 19.9. The van der Waals surface area contributed by atoms with Crippen molar-refractivity contribution in [3.05, 3.63) is 51.8 Å². The Bertz CT molecular complexity index is 932. The lowest BCUT2D eigenvalue weighted by Crippen LogP contribution is -2.24. The van der Waals surface area contributed by atoms with Crippen molar-refractivity contribution in [3.8, 4) is 0 Å². The number of halogens is 2. The number of anilines is 3. The summed E-state index contributed by atoms with van der Waals surface area (Å²) >= 11 is 0. The van der Waals surface area contributed by atoms with E-state index in [0.29, 0.717) is 17.7 Å². The molecule has 0 spiro atoms. The van der Waals surface area contributed by atoms with Crippen molar-refractivity contribution < 1.29 is 18.1 Å². The lowest BCUT2D eigenvalue weighted by atomic mass is 10.2. The molecule has 1 fully saturated rings. The monoisotopic (exact) mass is 383 g/mol. The first-order valence-corrected chi connectivity index (χ1v) is 9.24. The zero-order valence-electron chi connectivity index (χ0n) is 14.3. The van der Waals surface area contributed by atoms with Crippen LogP contribution in [0.15, 0.2) is 29.1 Å². The Labute approximate surface area is 151 Å². The van der Waals surface area contributed by atoms with Gasteiger partial charge in [0.2, 0.25) is 0 Å². The molecular weight excluding hydrogens is 364 g/mol. The van der Waals surface area contributed by atoms with E-state index >= 15 is 0 Å². The highest BCUT2D eigenvalue weighted by molar-refractivity contribution is 7.87. The first-order chi connectivity index (χ1) is 12.3. The van der Waals surface area contributed by atoms with Gasteiger partial charge in [0.05, 0.1) is 16.6 Å². The minimum atomic E-state index is -1.46. The molecule has 0 aliphatic heterocycles. The SMILES string of the molecule is Cc1cc(NS(=O)C2CC2CO)c(Nc2ccc(F)cc2F)n(C)c1=O. The number of hydrogen-bond acceptors (Lipinski definition) is 4. The molecule has 9 heteroatoms. The summed E-state index contributed by atoms with van der Waals surface area (Å²) in [6.07, 6.45) is 0.649. The molecule has 1 aromatic carbocycles. The van der Waals surface area contributed by atoms with E-state index in [9.17, 15) is 17.8 Å². The highest BCUT2D eigenvalue weighted by Crippen LogP contribution is 2.36. The van der Waals surface area contributed by atoms with E-state index < -0.39 is 22.6 Å². The van der Waals surface area contributed by atoms with Crippen LogP contribution >= 0.6 is 0 Å². The number of hydrogen-bond donors (Lipinski definition) is 3. The van der Waals surface area contributed by atoms with Crippen molar-refractivity contribution in [2.75, 3.05) is 16.6 Å². The van der Waals surface area contributed by atoms with Crippen LogP contribution in [0.25, 0.3) is 0 Å². The van der Waals surface area contributed by atoms with Gasteiger partial charge in [0, 0.05) is 25.3 Å². The summed E-state index contributed by atoms with van der Waals surface area (Å²) in [4.78, 5) is 12.2. The first-order valence-electron chi connectivity index (χ1n) is 8.02. The van der Waals surface area contributed by atoms with Gasteiger partial charge in [0.25, 0.3) is 5.56 Å². The smallest absolute Gasteiger partial charge is 0.254 e. The predicted molar refractivity (Wildman–Crippen MR) is 96.8 cm³/mol. The summed E-state index contributed by atoms with van der Waals surface area (Å²) < 4.78 is 43.6. The Morgan fingerprint density at radius 1 is 1.31 bits per heavy atom. The van der Waals surface area contributed by atoms with Crippen LogP contribution in [0, 0.1) is 24.5 Å². The molecule has 1 aliphatic rings. The van der Waals surface area contributed by atoms with Crippen LogP contribution in [0.2, 0.25) is 0 Å². The molecular formula is C17H19F2N3O3S. The van der Waals surface area contributed by atoms with Gasteiger partial charge in [-0.1, -0.05) is 0 Å². The molecule has 3 N–H and O–H groups in total. The average molecular weight is 383 g/mol. The van der Waals surface area contributed by atoms with E-state index in [1.807, 2.05) is 0 Å². The molecule has 0 amide bonds. The second kappa shape index (κ2) is 7.16. The van der Waals surface area contributed by atoms with Crippen LogP contribution in [0.1, 0.15) is 12.0 Å². The van der Waals surface area contributed by atoms with Gasteiger partial charge in [-0.05, 0) is 37.5 Å². The zero-order chi connectivity index (χ0) is 19.0. The number of nitrogens with one attached hydrogen (secondary N) is 2. The fourth-order valence-corrected chi connectivity index (χ4v) is 4.08. The molecule has 0 bridgehead atoms. The Kier molecular flexibility index (Phi) is 5.10. The number of aliphatic hydroxyl groups excluding tert-OH is 1. The third-order valence-electron chi connectivity index (χ3n) is 4.36. The van der Waals surface area contributed by atoms with Crippen LogP contribution in [0.3, 0.4) is 0 Å². The first kappa shape index (κ1) is 18.5. The quantitative estimate of drug-likeness (QED) is 0.714. The number of rotatable bonds is 6. The lowest BCUT2D eigenvalue weighted by Gasteiger charge is -2.18. The minimum absolute atomic E-state index is 0.0112. The molecule has 2 aromatic rings. The van der Waals surface area contributed by atoms with Crippen LogP contribution in [-0.4, -0.2) is 25.7 Å². The Hall–Kier alpha value is -2.26. The van der Waals surface area contributed by atoms with Crippen molar-refractivity contribution in [2.24, 2.45) is 13.0 Å². The third kappa shape index (κ3) is 3.63. The second-order valence-corrected chi connectivity index (χ2v) is 7.72. The number of nitrogens with zero attached hydrogens (tertiary/aromatic N) is 1. The third-order valence-corrected chi connectivity index (χ3v) is 5.90. The summed E-state index contributed by atoms with van der Waals surface area (Å²) in [6.45, 7) is 1.59. The summed E-state index contributed by atoms with van der Waals surface area (Å²) in [7, 11) is 0.0397. The molecule has 3 atom stereocenters. The average Bonchev–Trinajstić information content (AvgIpc) is 3.38. The largest absolute Gasteiger partial charge is 0.396 e. The van der Waals surface area contributed by atoms with Gasteiger partial charge in [0.15, 0.2) is 0 Å². The second-order valence-electron chi connectivity index (χ2n) is 6.32. The standard InChI is InChI=1S/C17H19F2N3O3S/c1-9-5-14(21-26(25)15-6-10(15)8-23)16(22(2)17(9)24)20-13-4-3-11(18)7-12(13)19/h3-5,7,10,15,20-21,23H,6,8H2,1-2H3. The number of aryl methyl sites for hydroxylation is 1. The van der Waals surface area contributed by atoms with E-state index in [1.165, 1.54) is 23.7 Å². The maximum absolute atomic E-state index is 14.0. The summed E-state index contributed by atoms with van der Waals surface area (Å²) in [5.74, 6) is -1.33. The molecule has 1 aliphatic carbocycles. The maximum Gasteiger partial charge on any atom is 0.254 e. The highest BCUT2D eigenvalue weighted by atomic mass is 32.2. The minimum Gasteiger partial charge on any atom is -0.396 e. The van der Waals surface area contributed by atoms with Gasteiger partial charge >= 0.3 is 0 Å². The van der Waals surface area contributed by atoms with Crippen molar-refractivity contribution in [1.82, 2.24) is 4.57 Å². The molecule has 1 saturated carbocycles. The number of aromatic nitrogens is 1. The van der Waals surface area contributed by atoms with Crippen molar-refractivity contribution in [3.63, 3.8) is 0 Å². The molecule has 0 saturated heterocycles. The van der Waals surface area contributed by atoms with Crippen molar-refractivity contribution in [2.45, 2.75) is 18.6 Å². The molecule has 1 aromatic heterocycles. The van der Waals surface area contributed by atoms with Crippen LogP contribution in [0.5, 0.6) is 0 Å². The summed E-state index contributed by atoms with van der Waals surface area (Å²) in [5.41, 5.74) is 0.464. The van der Waals surface area contributed by atoms with E-state index in [4.69, 9.17) is 5.11 Å². The summed E-state index contributed by atoms with van der Waals surface area (Å²) in [6, 6.07) is 4.58. The van der Waals surface area contributed by atoms with E-state index in [1.54, 1.807) is 6.92 Å². The molecule has 3 rings (SSSR count). The molecule has 3 unspecified atom stereocenters. The molecule has 26 heavy (non-hydrogen) atoms. The topological polar surface area (TPSA) is 83.4 Å². The molecule has 1 heterocycles. The fraction of sp³-hybridized carbons (Fsp3) is 0.353. The van der Waals surface area contributed by atoms with Crippen LogP contribution in [-0.2, 0) is 18.0 Å². The Morgan fingerprint density at radius 2 is 2.04 bits per heavy atom. The van der Waals surface area contributed by atoms with Gasteiger partial charge in [-0.25, -0.2) is 13.0 Å². The lowest BCUT2D eigenvalue weighted by molar-refractivity contribution is 0.277. The van der Waals surface area contributed by atoms with Crippen LogP contribution < -0.4 is 15.6 Å². The maximum atomic E-state index is 14.0. The van der Waals surface area contributed by atoms with Gasteiger partial charge in [-0.2, -0.15) is 0 Å². The zero-order valence-corrected chi connectivity index (χ0v) is 15.1. The van der Waals surface area contributed by atoms with E-state index in [2.05, 4.69) is 10.0 Å². The van der Waals surface area contributed by atoms with E-state index in [0.717, 1.165) is 12.1 Å². The van der Waals surface area contributed by atoms with Crippen molar-refractivity contribution in [1.29, 1.82) is 0 Å². The summed E-state index contributed by atoms with van der Waals surface area (Å²) in [5, 5.41) is 11.7. The van der Waals surface area contributed by atoms with Gasteiger partial charge in [-0.3, -0.25) is 9.36 Å². The number of pyridine rings is 1. The predicted octanol–water partition coefficient (Wildman–Crippen LogP) is 2.17. The highest BCUT2D eigenvalue weighted by Gasteiger charge is 2.42. The number of benzene rings is 1. The van der Waals surface area contributed by atoms with Gasteiger partial charge < -0.3 is 15.1 Å².